The second-order valence-electron chi connectivity index (χ2n) is 7.86. The van der Waals surface area contributed by atoms with Gasteiger partial charge in [0.2, 0.25) is 15.9 Å². The first-order chi connectivity index (χ1) is 14.5. The Morgan fingerprint density at radius 3 is 2.13 bits per heavy atom. The van der Waals surface area contributed by atoms with Crippen LogP contribution in [0.1, 0.15) is 24.8 Å². The lowest BCUT2D eigenvalue weighted by Crippen LogP contribution is -2.46. The molecule has 2 aromatic carbocycles. The molecule has 0 saturated carbocycles. The van der Waals surface area contributed by atoms with Gasteiger partial charge in [-0.25, -0.2) is 12.8 Å². The number of piperidine rings is 1. The van der Waals surface area contributed by atoms with E-state index >= 15 is 0 Å². The SMILES string of the molecule is O=C1N(c2ccccc2)CCC12CCN(S(=O)(=O)c1ccc(F)cc1C(F)(F)F)CC2. The van der Waals surface area contributed by atoms with E-state index in [1.807, 2.05) is 30.3 Å². The maximum absolute atomic E-state index is 13.4. The summed E-state index contributed by atoms with van der Waals surface area (Å²) in [5.41, 5.74) is -1.49. The van der Waals surface area contributed by atoms with Crippen molar-refractivity contribution in [3.63, 3.8) is 0 Å². The van der Waals surface area contributed by atoms with Crippen molar-refractivity contribution in [1.29, 1.82) is 0 Å². The molecule has 2 aliphatic heterocycles. The van der Waals surface area contributed by atoms with Crippen LogP contribution in [-0.2, 0) is 21.0 Å². The molecule has 0 radical (unpaired) electrons. The van der Waals surface area contributed by atoms with Crippen molar-refractivity contribution in [2.75, 3.05) is 24.5 Å². The average Bonchev–Trinajstić information content (AvgIpc) is 3.04. The number of anilines is 1. The number of hydrogen-bond donors (Lipinski definition) is 0. The molecule has 31 heavy (non-hydrogen) atoms. The van der Waals surface area contributed by atoms with Crippen molar-refractivity contribution in [1.82, 2.24) is 4.31 Å². The van der Waals surface area contributed by atoms with Gasteiger partial charge in [-0.05, 0) is 49.6 Å². The van der Waals surface area contributed by atoms with E-state index in [0.29, 0.717) is 25.1 Å². The summed E-state index contributed by atoms with van der Waals surface area (Å²) in [6.07, 6.45) is -4.02. The summed E-state index contributed by atoms with van der Waals surface area (Å²) in [4.78, 5) is 13.8. The third kappa shape index (κ3) is 3.82. The summed E-state index contributed by atoms with van der Waals surface area (Å²) in [7, 11) is -4.50. The van der Waals surface area contributed by atoms with Crippen LogP contribution in [-0.4, -0.2) is 38.3 Å². The first-order valence-corrected chi connectivity index (χ1v) is 11.2. The maximum atomic E-state index is 13.4. The average molecular weight is 456 g/mol. The smallest absolute Gasteiger partial charge is 0.312 e. The summed E-state index contributed by atoms with van der Waals surface area (Å²) < 4.78 is 80.2. The normalized spacial score (nSPS) is 19.9. The zero-order valence-electron chi connectivity index (χ0n) is 16.4. The minimum Gasteiger partial charge on any atom is -0.312 e. The van der Waals surface area contributed by atoms with Crippen molar-refractivity contribution >= 4 is 21.6 Å². The molecular formula is C21H20F4N2O3S. The van der Waals surface area contributed by atoms with Gasteiger partial charge in [-0.2, -0.15) is 17.5 Å². The highest BCUT2D eigenvalue weighted by Crippen LogP contribution is 2.44. The highest BCUT2D eigenvalue weighted by Gasteiger charge is 2.50. The molecule has 2 aromatic rings. The van der Waals surface area contributed by atoms with E-state index in [0.717, 1.165) is 9.99 Å². The number of alkyl halides is 3. The summed E-state index contributed by atoms with van der Waals surface area (Å²) in [6, 6.07) is 10.7. The van der Waals surface area contributed by atoms with Gasteiger partial charge in [-0.3, -0.25) is 4.79 Å². The van der Waals surface area contributed by atoms with E-state index in [2.05, 4.69) is 0 Å². The molecule has 10 heteroatoms. The van der Waals surface area contributed by atoms with Gasteiger partial charge in [-0.1, -0.05) is 18.2 Å². The standard InChI is InChI=1S/C21H20F4N2O3S/c22-15-6-7-18(17(14-15)21(23,24)25)31(29,30)26-11-8-20(9-12-26)10-13-27(19(20)28)16-4-2-1-3-5-16/h1-7,14H,8-13H2. The van der Waals surface area contributed by atoms with E-state index in [-0.39, 0.29) is 37.9 Å². The number of para-hydroxylation sites is 1. The van der Waals surface area contributed by atoms with Gasteiger partial charge in [0.15, 0.2) is 0 Å². The minimum atomic E-state index is -5.01. The molecule has 0 N–H and O–H groups in total. The Labute approximate surface area is 177 Å². The Bertz CT molecular complexity index is 1100. The topological polar surface area (TPSA) is 57.7 Å². The van der Waals surface area contributed by atoms with Crippen LogP contribution in [0.2, 0.25) is 0 Å². The predicted molar refractivity (Wildman–Crippen MR) is 105 cm³/mol. The summed E-state index contributed by atoms with van der Waals surface area (Å²) in [6.45, 7) is 0.350. The first-order valence-electron chi connectivity index (χ1n) is 9.79. The zero-order chi connectivity index (χ0) is 22.4. The van der Waals surface area contributed by atoms with E-state index < -0.39 is 37.9 Å². The molecule has 1 amide bonds. The van der Waals surface area contributed by atoms with Gasteiger partial charge in [0.25, 0.3) is 0 Å². The van der Waals surface area contributed by atoms with Crippen LogP contribution in [0.25, 0.3) is 0 Å². The van der Waals surface area contributed by atoms with Crippen molar-refractivity contribution in [3.05, 3.63) is 59.9 Å². The van der Waals surface area contributed by atoms with Crippen LogP contribution in [0.3, 0.4) is 0 Å². The van der Waals surface area contributed by atoms with E-state index in [1.165, 1.54) is 0 Å². The molecule has 0 aromatic heterocycles. The monoisotopic (exact) mass is 456 g/mol. The molecular weight excluding hydrogens is 436 g/mol. The van der Waals surface area contributed by atoms with Gasteiger partial charge < -0.3 is 4.90 Å². The molecule has 2 heterocycles. The Morgan fingerprint density at radius 1 is 0.903 bits per heavy atom. The highest BCUT2D eigenvalue weighted by molar-refractivity contribution is 7.89. The molecule has 2 saturated heterocycles. The Kier molecular flexibility index (Phi) is 5.33. The zero-order valence-corrected chi connectivity index (χ0v) is 17.2. The van der Waals surface area contributed by atoms with Gasteiger partial charge in [0.05, 0.1) is 15.9 Å². The predicted octanol–water partition coefficient (Wildman–Crippen LogP) is 4.05. The summed E-state index contributed by atoms with van der Waals surface area (Å²) in [5, 5.41) is 0. The number of carbonyl (C=O) groups is 1. The fraction of sp³-hybridized carbons (Fsp3) is 0.381. The molecule has 2 fully saturated rings. The number of rotatable bonds is 3. The lowest BCUT2D eigenvalue weighted by molar-refractivity contribution is -0.140. The number of sulfonamides is 1. The largest absolute Gasteiger partial charge is 0.417 e. The molecule has 0 aliphatic carbocycles. The van der Waals surface area contributed by atoms with Crippen LogP contribution < -0.4 is 4.90 Å². The summed E-state index contributed by atoms with van der Waals surface area (Å²) >= 11 is 0. The maximum Gasteiger partial charge on any atom is 0.417 e. The number of amides is 1. The van der Waals surface area contributed by atoms with Gasteiger partial charge in [0, 0.05) is 25.3 Å². The van der Waals surface area contributed by atoms with Crippen LogP contribution >= 0.6 is 0 Å². The highest BCUT2D eigenvalue weighted by atomic mass is 32.2. The number of hydrogen-bond acceptors (Lipinski definition) is 3. The van der Waals surface area contributed by atoms with Crippen molar-refractivity contribution in [2.45, 2.75) is 30.3 Å². The molecule has 0 unspecified atom stereocenters. The van der Waals surface area contributed by atoms with E-state index in [4.69, 9.17) is 0 Å². The molecule has 0 atom stereocenters. The van der Waals surface area contributed by atoms with Gasteiger partial charge >= 0.3 is 6.18 Å². The molecule has 0 bridgehead atoms. The van der Waals surface area contributed by atoms with Gasteiger partial charge in [-0.15, -0.1) is 0 Å². The van der Waals surface area contributed by atoms with E-state index in [1.54, 1.807) is 4.90 Å². The van der Waals surface area contributed by atoms with Crippen LogP contribution in [0, 0.1) is 11.2 Å². The number of benzene rings is 2. The van der Waals surface area contributed by atoms with Crippen LogP contribution in [0.5, 0.6) is 0 Å². The van der Waals surface area contributed by atoms with Crippen molar-refractivity contribution in [3.8, 4) is 0 Å². The van der Waals surface area contributed by atoms with E-state index in [9.17, 15) is 30.8 Å². The third-order valence-corrected chi connectivity index (χ3v) is 8.08. The molecule has 2 aliphatic rings. The fourth-order valence-electron chi connectivity index (χ4n) is 4.38. The minimum absolute atomic E-state index is 0.0780. The van der Waals surface area contributed by atoms with Crippen molar-refractivity contribution < 1.29 is 30.8 Å². The number of carbonyl (C=O) groups excluding carboxylic acids is 1. The Morgan fingerprint density at radius 2 is 1.52 bits per heavy atom. The first kappa shape index (κ1) is 21.8. The molecule has 166 valence electrons. The Balaban J connectivity index is 1.55. The quantitative estimate of drug-likeness (QED) is 0.655. The molecule has 5 nitrogen and oxygen atoms in total. The van der Waals surface area contributed by atoms with Crippen LogP contribution in [0.15, 0.2) is 53.4 Å². The molecule has 1 spiro atoms. The van der Waals surface area contributed by atoms with Crippen LogP contribution in [0.4, 0.5) is 23.2 Å². The number of halogens is 4. The second-order valence-corrected chi connectivity index (χ2v) is 9.77. The second kappa shape index (κ2) is 7.59. The molecule has 4 rings (SSSR count). The van der Waals surface area contributed by atoms with Crippen molar-refractivity contribution in [2.24, 2.45) is 5.41 Å². The lowest BCUT2D eigenvalue weighted by Gasteiger charge is -2.37. The summed E-state index contributed by atoms with van der Waals surface area (Å²) in [5.74, 6) is -1.25. The lowest BCUT2D eigenvalue weighted by atomic mass is 9.77. The Hall–Kier alpha value is -2.46. The third-order valence-electron chi connectivity index (χ3n) is 6.13. The number of nitrogens with zero attached hydrogens (tertiary/aromatic N) is 2. The van der Waals surface area contributed by atoms with Gasteiger partial charge in [0.1, 0.15) is 5.82 Å². The fourth-order valence-corrected chi connectivity index (χ4v) is 6.02.